The quantitative estimate of drug-likeness (QED) is 0.176. The van der Waals surface area contributed by atoms with Gasteiger partial charge in [-0.3, -0.25) is 4.79 Å². The Bertz CT molecular complexity index is 1530. The summed E-state index contributed by atoms with van der Waals surface area (Å²) in [4.78, 5) is 12.8. The van der Waals surface area contributed by atoms with Gasteiger partial charge in [-0.25, -0.2) is 13.8 Å². The third-order valence-corrected chi connectivity index (χ3v) is 7.90. The van der Waals surface area contributed by atoms with Crippen LogP contribution in [0.15, 0.2) is 113 Å². The van der Waals surface area contributed by atoms with Gasteiger partial charge in [0.15, 0.2) is 0 Å². The zero-order valence-electron chi connectivity index (χ0n) is 20.7. The molecule has 0 aliphatic heterocycles. The molecular formula is C29H25Cl2N3O4S. The van der Waals surface area contributed by atoms with Gasteiger partial charge in [0.25, 0.3) is 5.91 Å². The van der Waals surface area contributed by atoms with Gasteiger partial charge in [0.1, 0.15) is 12.4 Å². The molecule has 0 aliphatic carbocycles. The van der Waals surface area contributed by atoms with Crippen molar-refractivity contribution in [3.05, 3.63) is 130 Å². The topological polar surface area (TPSA) is 88.1 Å². The fourth-order valence-corrected chi connectivity index (χ4v) is 5.23. The zero-order valence-corrected chi connectivity index (χ0v) is 23.0. The normalized spacial score (nSPS) is 11.6. The molecule has 200 valence electrons. The number of ether oxygens (including phenoxy) is 1. The summed E-state index contributed by atoms with van der Waals surface area (Å²) in [6.07, 6.45) is 1.45. The summed E-state index contributed by atoms with van der Waals surface area (Å²) in [6.45, 7) is -0.132. The summed E-state index contributed by atoms with van der Waals surface area (Å²) >= 11 is 11.9. The van der Waals surface area contributed by atoms with Crippen LogP contribution in [-0.4, -0.2) is 31.4 Å². The zero-order chi connectivity index (χ0) is 27.7. The fourth-order valence-electron chi connectivity index (χ4n) is 3.60. The van der Waals surface area contributed by atoms with Crippen LogP contribution in [0.2, 0.25) is 10.0 Å². The molecule has 1 amide bonds. The molecule has 0 radical (unpaired) electrons. The van der Waals surface area contributed by atoms with Crippen molar-refractivity contribution >= 4 is 45.3 Å². The molecule has 10 heteroatoms. The summed E-state index contributed by atoms with van der Waals surface area (Å²) in [6, 6.07) is 29.5. The maximum absolute atomic E-state index is 13.4. The van der Waals surface area contributed by atoms with Crippen LogP contribution in [0.1, 0.15) is 16.7 Å². The molecular weight excluding hydrogens is 557 g/mol. The Labute approximate surface area is 237 Å². The Balaban J connectivity index is 1.46. The van der Waals surface area contributed by atoms with E-state index in [1.165, 1.54) is 30.5 Å². The Morgan fingerprint density at radius 2 is 1.44 bits per heavy atom. The van der Waals surface area contributed by atoms with E-state index >= 15 is 0 Å². The van der Waals surface area contributed by atoms with Gasteiger partial charge in [-0.15, -0.1) is 0 Å². The molecule has 4 rings (SSSR count). The first-order valence-electron chi connectivity index (χ1n) is 11.9. The van der Waals surface area contributed by atoms with E-state index in [4.69, 9.17) is 27.9 Å². The first kappa shape index (κ1) is 28.3. The van der Waals surface area contributed by atoms with Crippen LogP contribution in [0.5, 0.6) is 5.75 Å². The monoisotopic (exact) mass is 581 g/mol. The van der Waals surface area contributed by atoms with Crippen LogP contribution in [0, 0.1) is 0 Å². The van der Waals surface area contributed by atoms with Gasteiger partial charge >= 0.3 is 0 Å². The van der Waals surface area contributed by atoms with E-state index in [1.54, 1.807) is 36.4 Å². The van der Waals surface area contributed by atoms with E-state index in [1.807, 2.05) is 42.5 Å². The molecule has 0 aromatic heterocycles. The summed E-state index contributed by atoms with van der Waals surface area (Å²) in [5, 5.41) is 4.95. The number of rotatable bonds is 11. The van der Waals surface area contributed by atoms with Gasteiger partial charge in [-0.1, -0.05) is 77.8 Å². The molecule has 0 aliphatic rings. The third-order valence-electron chi connectivity index (χ3n) is 5.59. The number of sulfonamides is 1. The fraction of sp³-hybridized carbons (Fsp3) is 0.103. The highest BCUT2D eigenvalue weighted by Gasteiger charge is 2.27. The predicted molar refractivity (Wildman–Crippen MR) is 153 cm³/mol. The van der Waals surface area contributed by atoms with Crippen molar-refractivity contribution in [3.63, 3.8) is 0 Å². The van der Waals surface area contributed by atoms with Gasteiger partial charge in [-0.05, 0) is 59.7 Å². The Morgan fingerprint density at radius 3 is 2.13 bits per heavy atom. The largest absolute Gasteiger partial charge is 0.488 e. The average molecular weight is 583 g/mol. The lowest BCUT2D eigenvalue weighted by Crippen LogP contribution is -2.39. The summed E-state index contributed by atoms with van der Waals surface area (Å²) in [7, 11) is -4.03. The number of hydrazone groups is 1. The number of carbonyl (C=O) groups is 1. The van der Waals surface area contributed by atoms with Gasteiger partial charge in [0.2, 0.25) is 10.0 Å². The molecule has 0 atom stereocenters. The third kappa shape index (κ3) is 8.15. The number of benzene rings is 4. The molecule has 0 saturated heterocycles. The van der Waals surface area contributed by atoms with E-state index in [-0.39, 0.29) is 11.4 Å². The highest BCUT2D eigenvalue weighted by Crippen LogP contribution is 2.21. The first-order valence-corrected chi connectivity index (χ1v) is 14.1. The van der Waals surface area contributed by atoms with Crippen molar-refractivity contribution in [2.75, 3.05) is 6.54 Å². The summed E-state index contributed by atoms with van der Waals surface area (Å²) < 4.78 is 33.8. The minimum absolute atomic E-state index is 0.0154. The van der Waals surface area contributed by atoms with Crippen LogP contribution >= 0.6 is 23.2 Å². The molecule has 0 unspecified atom stereocenters. The van der Waals surface area contributed by atoms with Crippen molar-refractivity contribution in [3.8, 4) is 5.75 Å². The average Bonchev–Trinajstić information content (AvgIpc) is 2.94. The van der Waals surface area contributed by atoms with Crippen LogP contribution in [0.3, 0.4) is 0 Å². The van der Waals surface area contributed by atoms with Crippen LogP contribution in [0.25, 0.3) is 0 Å². The Hall–Kier alpha value is -3.69. The lowest BCUT2D eigenvalue weighted by molar-refractivity contribution is -0.121. The minimum Gasteiger partial charge on any atom is -0.488 e. The number of para-hydroxylation sites is 1. The molecule has 39 heavy (non-hydrogen) atoms. The van der Waals surface area contributed by atoms with Gasteiger partial charge in [0.05, 0.1) is 17.7 Å². The van der Waals surface area contributed by atoms with E-state index in [9.17, 15) is 13.2 Å². The highest BCUT2D eigenvalue weighted by molar-refractivity contribution is 7.89. The van der Waals surface area contributed by atoms with Crippen molar-refractivity contribution in [2.24, 2.45) is 5.10 Å². The number of nitrogens with one attached hydrogen (secondary N) is 1. The number of hydrogen-bond acceptors (Lipinski definition) is 5. The van der Waals surface area contributed by atoms with Gasteiger partial charge in [-0.2, -0.15) is 9.41 Å². The Kier molecular flexibility index (Phi) is 9.73. The van der Waals surface area contributed by atoms with Crippen molar-refractivity contribution in [2.45, 2.75) is 18.0 Å². The second-order valence-corrected chi connectivity index (χ2v) is 11.3. The van der Waals surface area contributed by atoms with Crippen molar-refractivity contribution in [1.29, 1.82) is 0 Å². The number of nitrogens with zero attached hydrogens (tertiary/aromatic N) is 2. The number of carbonyl (C=O) groups excluding carboxylic acids is 1. The lowest BCUT2D eigenvalue weighted by atomic mass is 10.2. The number of hydrogen-bond donors (Lipinski definition) is 1. The molecule has 1 N–H and O–H groups in total. The SMILES string of the molecule is O=C(CN(Cc1ccc(Cl)cc1)S(=O)(=O)c1ccc(Cl)cc1)N/N=C\c1ccccc1OCc1ccccc1. The van der Waals surface area contributed by atoms with Gasteiger partial charge in [0, 0.05) is 22.2 Å². The van der Waals surface area contributed by atoms with Crippen LogP contribution in [0.4, 0.5) is 0 Å². The molecule has 0 saturated carbocycles. The molecule has 4 aromatic carbocycles. The van der Waals surface area contributed by atoms with E-state index < -0.39 is 22.5 Å². The van der Waals surface area contributed by atoms with Crippen molar-refractivity contribution < 1.29 is 17.9 Å². The van der Waals surface area contributed by atoms with E-state index in [0.717, 1.165) is 9.87 Å². The summed E-state index contributed by atoms with van der Waals surface area (Å²) in [5.74, 6) is -0.0190. The molecule has 4 aromatic rings. The smallest absolute Gasteiger partial charge is 0.255 e. The summed E-state index contributed by atoms with van der Waals surface area (Å²) in [5.41, 5.74) is 4.75. The Morgan fingerprint density at radius 1 is 0.821 bits per heavy atom. The van der Waals surface area contributed by atoms with E-state index in [2.05, 4.69) is 10.5 Å². The van der Waals surface area contributed by atoms with Crippen LogP contribution < -0.4 is 10.2 Å². The highest BCUT2D eigenvalue weighted by atomic mass is 35.5. The molecule has 7 nitrogen and oxygen atoms in total. The maximum Gasteiger partial charge on any atom is 0.255 e. The maximum atomic E-state index is 13.4. The lowest BCUT2D eigenvalue weighted by Gasteiger charge is -2.21. The standard InChI is InChI=1S/C29H25Cl2N3O4S/c30-25-12-10-22(11-13-25)19-34(39(36,37)27-16-14-26(31)15-17-27)20-29(35)33-32-18-24-8-4-5-9-28(24)38-21-23-6-2-1-3-7-23/h1-18H,19-21H2,(H,33,35)/b32-18-. The second-order valence-electron chi connectivity index (χ2n) is 8.46. The van der Waals surface area contributed by atoms with Crippen molar-refractivity contribution in [1.82, 2.24) is 9.73 Å². The van der Waals surface area contributed by atoms with E-state index in [0.29, 0.717) is 33.5 Å². The minimum atomic E-state index is -4.03. The first-order chi connectivity index (χ1) is 18.8. The predicted octanol–water partition coefficient (Wildman–Crippen LogP) is 5.91. The van der Waals surface area contributed by atoms with Gasteiger partial charge < -0.3 is 4.74 Å². The van der Waals surface area contributed by atoms with Crippen LogP contribution in [-0.2, 0) is 28.0 Å². The molecule has 0 bridgehead atoms. The second kappa shape index (κ2) is 13.4. The molecule has 0 spiro atoms. The molecule has 0 fully saturated rings. The number of halogens is 2. The number of amides is 1. The molecule has 0 heterocycles.